The molecule has 0 bridgehead atoms. The monoisotopic (exact) mass is 222 g/mol. The molecule has 1 aliphatic carbocycles. The molecule has 2 rings (SSSR count). The van der Waals surface area contributed by atoms with Crippen molar-refractivity contribution in [2.45, 2.75) is 27.2 Å². The summed E-state index contributed by atoms with van der Waals surface area (Å²) in [4.78, 5) is 0. The zero-order valence-electron chi connectivity index (χ0n) is 9.47. The van der Waals surface area contributed by atoms with Crippen molar-refractivity contribution in [3.05, 3.63) is 34.7 Å². The summed E-state index contributed by atoms with van der Waals surface area (Å²) in [5.74, 6) is 2.23. The molecule has 0 aromatic heterocycles. The number of halogens is 1. The minimum absolute atomic E-state index is 0.365. The van der Waals surface area contributed by atoms with Crippen LogP contribution in [0, 0.1) is 17.3 Å². The van der Waals surface area contributed by atoms with E-state index in [0.717, 1.165) is 0 Å². The Hall–Kier alpha value is -0.690. The molecular weight excluding hydrogens is 206 g/mol. The van der Waals surface area contributed by atoms with Gasteiger partial charge in [0.15, 0.2) is 0 Å². The first-order valence-electron chi connectivity index (χ1n) is 5.30. The molecule has 81 valence electrons. The smallest absolute Gasteiger partial charge is 0.0635 e. The SMILES string of the molecule is CC(C)(C)C1C[C]1c1ccc(Cl)c(N)c1. The van der Waals surface area contributed by atoms with E-state index in [4.69, 9.17) is 17.3 Å². The van der Waals surface area contributed by atoms with Crippen LogP contribution < -0.4 is 5.73 Å². The Kier molecular flexibility index (Phi) is 2.46. The molecule has 1 aliphatic rings. The first-order valence-corrected chi connectivity index (χ1v) is 5.68. The van der Waals surface area contributed by atoms with Crippen LogP contribution in [-0.4, -0.2) is 0 Å². The number of hydrogen-bond acceptors (Lipinski definition) is 1. The maximum atomic E-state index is 5.90. The highest BCUT2D eigenvalue weighted by Gasteiger charge is 2.46. The quantitative estimate of drug-likeness (QED) is 0.717. The van der Waals surface area contributed by atoms with Gasteiger partial charge >= 0.3 is 0 Å². The van der Waals surface area contributed by atoms with E-state index in [1.807, 2.05) is 12.1 Å². The fraction of sp³-hybridized carbons (Fsp3) is 0.462. The Morgan fingerprint density at radius 3 is 2.47 bits per heavy atom. The summed E-state index contributed by atoms with van der Waals surface area (Å²) in [6.45, 7) is 6.85. The molecule has 2 N–H and O–H groups in total. The van der Waals surface area contributed by atoms with E-state index in [9.17, 15) is 0 Å². The minimum atomic E-state index is 0.365. The van der Waals surface area contributed by atoms with Gasteiger partial charge in [0.25, 0.3) is 0 Å². The second kappa shape index (κ2) is 3.41. The number of nitrogens with two attached hydrogens (primary N) is 1. The average molecular weight is 223 g/mol. The fourth-order valence-corrected chi connectivity index (χ4v) is 2.17. The van der Waals surface area contributed by atoms with Gasteiger partial charge in [0.1, 0.15) is 0 Å². The first kappa shape index (κ1) is 10.8. The fourth-order valence-electron chi connectivity index (χ4n) is 2.05. The van der Waals surface area contributed by atoms with Gasteiger partial charge in [-0.2, -0.15) is 0 Å². The lowest BCUT2D eigenvalue weighted by atomic mass is 9.87. The van der Waals surface area contributed by atoms with E-state index >= 15 is 0 Å². The lowest BCUT2D eigenvalue weighted by Gasteiger charge is -2.18. The van der Waals surface area contributed by atoms with Crippen molar-refractivity contribution in [3.8, 4) is 0 Å². The van der Waals surface area contributed by atoms with Crippen molar-refractivity contribution in [3.63, 3.8) is 0 Å². The highest BCUT2D eigenvalue weighted by atomic mass is 35.5. The molecule has 0 aliphatic heterocycles. The zero-order valence-corrected chi connectivity index (χ0v) is 10.2. The molecule has 0 amide bonds. The number of nitrogen functional groups attached to an aromatic ring is 1. The van der Waals surface area contributed by atoms with E-state index in [0.29, 0.717) is 22.0 Å². The highest BCUT2D eigenvalue weighted by Crippen LogP contribution is 2.56. The summed E-state index contributed by atoms with van der Waals surface area (Å²) in [5.41, 5.74) is 8.10. The molecule has 1 unspecified atom stereocenters. The summed E-state index contributed by atoms with van der Waals surface area (Å²) in [6.07, 6.45) is 1.20. The normalized spacial score (nSPS) is 21.7. The molecule has 1 fully saturated rings. The molecule has 2 heteroatoms. The van der Waals surface area contributed by atoms with Crippen molar-refractivity contribution in [1.82, 2.24) is 0 Å². The summed E-state index contributed by atoms with van der Waals surface area (Å²) in [5, 5.41) is 0.646. The van der Waals surface area contributed by atoms with Crippen LogP contribution >= 0.6 is 11.6 Å². The first-order chi connectivity index (χ1) is 6.89. The molecule has 1 aromatic carbocycles. The molecule has 1 aromatic rings. The molecule has 15 heavy (non-hydrogen) atoms. The van der Waals surface area contributed by atoms with Crippen LogP contribution in [0.1, 0.15) is 32.8 Å². The predicted molar refractivity (Wildman–Crippen MR) is 65.8 cm³/mol. The van der Waals surface area contributed by atoms with Crippen LogP contribution in [0.3, 0.4) is 0 Å². The van der Waals surface area contributed by atoms with Gasteiger partial charge in [-0.25, -0.2) is 0 Å². The number of rotatable bonds is 1. The van der Waals surface area contributed by atoms with Crippen molar-refractivity contribution in [2.75, 3.05) is 5.73 Å². The molecule has 1 saturated carbocycles. The lowest BCUT2D eigenvalue weighted by molar-refractivity contribution is 0.357. The van der Waals surface area contributed by atoms with Crippen LogP contribution in [0.15, 0.2) is 18.2 Å². The van der Waals surface area contributed by atoms with Crippen LogP contribution in [-0.2, 0) is 0 Å². The lowest BCUT2D eigenvalue weighted by Crippen LogP contribution is -2.09. The van der Waals surface area contributed by atoms with Crippen LogP contribution in [0.5, 0.6) is 0 Å². The van der Waals surface area contributed by atoms with Crippen LogP contribution in [0.25, 0.3) is 0 Å². The van der Waals surface area contributed by atoms with Gasteiger partial charge in [-0.15, -0.1) is 0 Å². The van der Waals surface area contributed by atoms with Crippen molar-refractivity contribution < 1.29 is 0 Å². The predicted octanol–water partition coefficient (Wildman–Crippen LogP) is 3.91. The molecular formula is C13H17ClN. The second-order valence-corrected chi connectivity index (χ2v) is 5.79. The molecule has 1 nitrogen and oxygen atoms in total. The molecule has 0 heterocycles. The molecule has 0 spiro atoms. The van der Waals surface area contributed by atoms with Gasteiger partial charge in [0, 0.05) is 5.92 Å². The molecule has 1 atom stereocenters. The Morgan fingerprint density at radius 1 is 1.33 bits per heavy atom. The van der Waals surface area contributed by atoms with Crippen LogP contribution in [0.2, 0.25) is 5.02 Å². The van der Waals surface area contributed by atoms with E-state index in [-0.39, 0.29) is 0 Å². The van der Waals surface area contributed by atoms with Gasteiger partial charge in [-0.05, 0) is 35.4 Å². The van der Waals surface area contributed by atoms with Gasteiger partial charge in [0.2, 0.25) is 0 Å². The molecule has 1 radical (unpaired) electrons. The van der Waals surface area contributed by atoms with E-state index < -0.39 is 0 Å². The maximum absolute atomic E-state index is 5.90. The van der Waals surface area contributed by atoms with Crippen LogP contribution in [0.4, 0.5) is 5.69 Å². The third kappa shape index (κ3) is 2.12. The number of hydrogen-bond donors (Lipinski definition) is 1. The van der Waals surface area contributed by atoms with Crippen molar-refractivity contribution in [1.29, 1.82) is 0 Å². The Morgan fingerprint density at radius 2 is 2.00 bits per heavy atom. The van der Waals surface area contributed by atoms with Gasteiger partial charge in [-0.3, -0.25) is 0 Å². The zero-order chi connectivity index (χ0) is 11.2. The van der Waals surface area contributed by atoms with E-state index in [2.05, 4.69) is 26.8 Å². The minimum Gasteiger partial charge on any atom is -0.398 e. The average Bonchev–Trinajstić information content (AvgIpc) is 2.87. The summed E-state index contributed by atoms with van der Waals surface area (Å²) in [6, 6.07) is 5.94. The third-order valence-corrected chi connectivity index (χ3v) is 3.44. The van der Waals surface area contributed by atoms with Gasteiger partial charge in [-0.1, -0.05) is 38.4 Å². The number of benzene rings is 1. The van der Waals surface area contributed by atoms with E-state index in [1.54, 1.807) is 0 Å². The summed E-state index contributed by atoms with van der Waals surface area (Å²) in [7, 11) is 0. The number of anilines is 1. The Labute approximate surface area is 96.6 Å². The molecule has 0 saturated heterocycles. The van der Waals surface area contributed by atoms with Gasteiger partial charge < -0.3 is 5.73 Å². The van der Waals surface area contributed by atoms with E-state index in [1.165, 1.54) is 17.9 Å². The van der Waals surface area contributed by atoms with Crippen molar-refractivity contribution >= 4 is 17.3 Å². The Balaban J connectivity index is 2.17. The summed E-state index contributed by atoms with van der Waals surface area (Å²) >= 11 is 5.90. The standard InChI is InChI=1S/C13H17ClN/c1-13(2,3)10-7-9(10)8-4-5-11(14)12(15)6-8/h4-6,10H,7,15H2,1-3H3. The highest BCUT2D eigenvalue weighted by molar-refractivity contribution is 6.33. The second-order valence-electron chi connectivity index (χ2n) is 5.38. The van der Waals surface area contributed by atoms with Gasteiger partial charge in [0.05, 0.1) is 10.7 Å². The largest absolute Gasteiger partial charge is 0.398 e. The summed E-state index contributed by atoms with van der Waals surface area (Å²) < 4.78 is 0. The Bertz CT molecular complexity index is 379. The van der Waals surface area contributed by atoms with Crippen molar-refractivity contribution in [2.24, 2.45) is 11.3 Å². The third-order valence-electron chi connectivity index (χ3n) is 3.10. The maximum Gasteiger partial charge on any atom is 0.0635 e. The topological polar surface area (TPSA) is 26.0 Å².